The Morgan fingerprint density at radius 3 is 3.12 bits per heavy atom. The Balaban J connectivity index is 1.27. The minimum absolute atomic E-state index is 0.0105. The number of rotatable bonds is 8. The topological polar surface area (TPSA) is 85.8 Å². The van der Waals surface area contributed by atoms with E-state index in [0.717, 1.165) is 22.8 Å². The van der Waals surface area contributed by atoms with Crippen LogP contribution in [-0.4, -0.2) is 25.8 Å². The Kier molecular flexibility index (Phi) is 4.83. The normalized spacial score (nSPS) is 13.9. The first-order valence-corrected chi connectivity index (χ1v) is 9.76. The van der Waals surface area contributed by atoms with Crippen molar-refractivity contribution in [3.63, 3.8) is 0 Å². The van der Waals surface area contributed by atoms with Crippen LogP contribution in [0.5, 0.6) is 0 Å². The molecular weight excluding hydrogens is 350 g/mol. The number of aryl methyl sites for hydroxylation is 2. The predicted molar refractivity (Wildman–Crippen MR) is 98.9 cm³/mol. The Morgan fingerprint density at radius 2 is 2.35 bits per heavy atom. The van der Waals surface area contributed by atoms with Gasteiger partial charge < -0.3 is 9.84 Å². The number of carbonyl (C=O) groups excluding carboxylic acids is 1. The molecule has 0 spiro atoms. The van der Waals surface area contributed by atoms with Crippen LogP contribution in [0.15, 0.2) is 28.2 Å². The summed E-state index contributed by atoms with van der Waals surface area (Å²) in [7, 11) is 0. The molecule has 0 aromatic carbocycles. The fourth-order valence-corrected chi connectivity index (χ4v) is 3.43. The van der Waals surface area contributed by atoms with Crippen molar-refractivity contribution in [1.82, 2.24) is 19.9 Å². The van der Waals surface area contributed by atoms with E-state index in [-0.39, 0.29) is 5.91 Å². The average Bonchev–Trinajstić information content (AvgIpc) is 3.03. The van der Waals surface area contributed by atoms with Gasteiger partial charge >= 0.3 is 0 Å². The molecule has 0 radical (unpaired) electrons. The number of nitrogens with zero attached hydrogens (tertiary/aromatic N) is 4. The van der Waals surface area contributed by atoms with Gasteiger partial charge in [0.25, 0.3) is 0 Å². The van der Waals surface area contributed by atoms with Gasteiger partial charge in [-0.15, -0.1) is 11.3 Å². The average molecular weight is 371 g/mol. The predicted octanol–water partition coefficient (Wildman–Crippen LogP) is 3.67. The van der Waals surface area contributed by atoms with E-state index in [9.17, 15) is 4.79 Å². The summed E-state index contributed by atoms with van der Waals surface area (Å²) in [5.74, 6) is 2.69. The van der Waals surface area contributed by atoms with Crippen LogP contribution in [0.3, 0.4) is 0 Å². The molecule has 1 saturated carbocycles. The molecule has 26 heavy (non-hydrogen) atoms. The lowest BCUT2D eigenvalue weighted by Crippen LogP contribution is -2.17. The van der Waals surface area contributed by atoms with E-state index < -0.39 is 0 Å². The van der Waals surface area contributed by atoms with E-state index in [1.807, 2.05) is 35.3 Å². The number of amides is 1. The summed E-state index contributed by atoms with van der Waals surface area (Å²) in [5.41, 5.74) is 0.997. The third-order valence-electron chi connectivity index (χ3n) is 4.41. The van der Waals surface area contributed by atoms with E-state index in [0.29, 0.717) is 36.9 Å². The van der Waals surface area contributed by atoms with E-state index in [1.54, 1.807) is 11.3 Å². The van der Waals surface area contributed by atoms with Crippen LogP contribution in [0, 0.1) is 12.8 Å². The van der Waals surface area contributed by atoms with Gasteiger partial charge in [-0.05, 0) is 43.6 Å². The lowest BCUT2D eigenvalue weighted by atomic mass is 10.2. The lowest BCUT2D eigenvalue weighted by Gasteiger charge is -2.09. The zero-order chi connectivity index (χ0) is 17.9. The van der Waals surface area contributed by atoms with Crippen LogP contribution in [-0.2, 0) is 17.8 Å². The van der Waals surface area contributed by atoms with Gasteiger partial charge in [-0.1, -0.05) is 11.2 Å². The monoisotopic (exact) mass is 371 g/mol. The molecule has 0 saturated heterocycles. The van der Waals surface area contributed by atoms with Gasteiger partial charge in [0.15, 0.2) is 0 Å². The molecule has 1 N–H and O–H groups in total. The fraction of sp³-hybridized carbons (Fsp3) is 0.444. The van der Waals surface area contributed by atoms with E-state index in [1.165, 1.54) is 12.8 Å². The molecule has 0 aliphatic heterocycles. The first kappa shape index (κ1) is 17.0. The lowest BCUT2D eigenvalue weighted by molar-refractivity contribution is -0.116. The fourth-order valence-electron chi connectivity index (χ4n) is 2.78. The minimum Gasteiger partial charge on any atom is -0.339 e. The maximum absolute atomic E-state index is 12.3. The molecule has 0 atom stereocenters. The summed E-state index contributed by atoms with van der Waals surface area (Å²) < 4.78 is 7.18. The molecule has 3 heterocycles. The second-order valence-corrected chi connectivity index (χ2v) is 7.64. The van der Waals surface area contributed by atoms with Crippen molar-refractivity contribution in [3.8, 4) is 10.7 Å². The van der Waals surface area contributed by atoms with Gasteiger partial charge in [-0.25, -0.2) is 4.68 Å². The Bertz CT molecular complexity index is 879. The number of thiophene rings is 1. The van der Waals surface area contributed by atoms with Crippen molar-refractivity contribution in [2.45, 2.75) is 45.6 Å². The van der Waals surface area contributed by atoms with Gasteiger partial charge in [0.2, 0.25) is 17.6 Å². The molecule has 3 aromatic heterocycles. The summed E-state index contributed by atoms with van der Waals surface area (Å²) in [4.78, 5) is 17.6. The van der Waals surface area contributed by atoms with Crippen molar-refractivity contribution >= 4 is 23.1 Å². The Labute approximate surface area is 155 Å². The highest BCUT2D eigenvalue weighted by Crippen LogP contribution is 2.32. The first-order chi connectivity index (χ1) is 12.7. The summed E-state index contributed by atoms with van der Waals surface area (Å²) in [6.45, 7) is 2.85. The SMILES string of the molecule is Cc1cnn(CC2CC2)c1NC(=O)CCCc1nc(-c2cccs2)no1. The highest BCUT2D eigenvalue weighted by molar-refractivity contribution is 7.13. The molecule has 4 rings (SSSR count). The van der Waals surface area contributed by atoms with Crippen LogP contribution in [0.2, 0.25) is 0 Å². The Hall–Kier alpha value is -2.48. The third kappa shape index (κ3) is 4.01. The molecule has 136 valence electrons. The number of anilines is 1. The molecule has 1 aliphatic carbocycles. The summed E-state index contributed by atoms with van der Waals surface area (Å²) in [5, 5.41) is 13.3. The molecule has 0 unspecified atom stereocenters. The summed E-state index contributed by atoms with van der Waals surface area (Å²) >= 11 is 1.57. The van der Waals surface area contributed by atoms with Gasteiger partial charge in [0, 0.05) is 24.9 Å². The number of carbonyl (C=O) groups is 1. The standard InChI is InChI=1S/C18H21N5O2S/c1-12-10-19-23(11-13-7-8-13)18(12)20-15(24)5-2-6-16-21-17(22-25-16)14-4-3-9-26-14/h3-4,9-10,13H,2,5-8,11H2,1H3,(H,20,24). The second kappa shape index (κ2) is 7.41. The number of nitrogens with one attached hydrogen (secondary N) is 1. The van der Waals surface area contributed by atoms with Crippen molar-refractivity contribution < 1.29 is 9.32 Å². The van der Waals surface area contributed by atoms with Gasteiger partial charge in [0.1, 0.15) is 5.82 Å². The zero-order valence-electron chi connectivity index (χ0n) is 14.6. The highest BCUT2D eigenvalue weighted by atomic mass is 32.1. The van der Waals surface area contributed by atoms with Crippen molar-refractivity contribution in [2.75, 3.05) is 5.32 Å². The molecule has 1 aliphatic rings. The molecule has 3 aromatic rings. The zero-order valence-corrected chi connectivity index (χ0v) is 15.5. The second-order valence-electron chi connectivity index (χ2n) is 6.69. The molecule has 1 fully saturated rings. The van der Waals surface area contributed by atoms with Gasteiger partial charge in [0.05, 0.1) is 11.1 Å². The van der Waals surface area contributed by atoms with Gasteiger partial charge in [-0.2, -0.15) is 10.1 Å². The minimum atomic E-state index is -0.0105. The van der Waals surface area contributed by atoms with Crippen molar-refractivity contribution in [3.05, 3.63) is 35.2 Å². The molecule has 7 nitrogen and oxygen atoms in total. The number of hydrogen-bond donors (Lipinski definition) is 1. The third-order valence-corrected chi connectivity index (χ3v) is 5.28. The van der Waals surface area contributed by atoms with E-state index >= 15 is 0 Å². The smallest absolute Gasteiger partial charge is 0.226 e. The summed E-state index contributed by atoms with van der Waals surface area (Å²) in [6, 6.07) is 3.91. The van der Waals surface area contributed by atoms with Crippen molar-refractivity contribution in [1.29, 1.82) is 0 Å². The summed E-state index contributed by atoms with van der Waals surface area (Å²) in [6.07, 6.45) is 5.97. The van der Waals surface area contributed by atoms with Crippen LogP contribution < -0.4 is 5.32 Å². The van der Waals surface area contributed by atoms with Crippen molar-refractivity contribution in [2.24, 2.45) is 5.92 Å². The largest absolute Gasteiger partial charge is 0.339 e. The van der Waals surface area contributed by atoms with Crippen LogP contribution in [0.1, 0.15) is 37.1 Å². The number of aromatic nitrogens is 4. The van der Waals surface area contributed by atoms with Crippen LogP contribution in [0.4, 0.5) is 5.82 Å². The first-order valence-electron chi connectivity index (χ1n) is 8.88. The van der Waals surface area contributed by atoms with E-state index in [4.69, 9.17) is 4.52 Å². The van der Waals surface area contributed by atoms with Crippen LogP contribution >= 0.6 is 11.3 Å². The Morgan fingerprint density at radius 1 is 1.46 bits per heavy atom. The molecule has 8 heteroatoms. The molecular formula is C18H21N5O2S. The maximum atomic E-state index is 12.3. The quantitative estimate of drug-likeness (QED) is 0.653. The number of hydrogen-bond acceptors (Lipinski definition) is 6. The van der Waals surface area contributed by atoms with Gasteiger partial charge in [-0.3, -0.25) is 4.79 Å². The molecule has 1 amide bonds. The van der Waals surface area contributed by atoms with Crippen LogP contribution in [0.25, 0.3) is 10.7 Å². The van der Waals surface area contributed by atoms with E-state index in [2.05, 4.69) is 20.6 Å². The highest BCUT2D eigenvalue weighted by Gasteiger charge is 2.24. The maximum Gasteiger partial charge on any atom is 0.226 e. The molecule has 0 bridgehead atoms.